The van der Waals surface area contributed by atoms with Gasteiger partial charge >= 0.3 is 5.97 Å². The number of rotatable bonds is 5. The minimum Gasteiger partial charge on any atom is -0.481 e. The molecule has 2 N–H and O–H groups in total. The summed E-state index contributed by atoms with van der Waals surface area (Å²) < 4.78 is 26.2. The van der Waals surface area contributed by atoms with Crippen molar-refractivity contribution in [2.75, 3.05) is 5.32 Å². The third-order valence-electron chi connectivity index (χ3n) is 2.33. The van der Waals surface area contributed by atoms with E-state index in [9.17, 15) is 18.4 Å². The van der Waals surface area contributed by atoms with Gasteiger partial charge in [0.25, 0.3) is 0 Å². The highest BCUT2D eigenvalue weighted by Gasteiger charge is 2.16. The molecule has 0 aliphatic rings. The third-order valence-corrected chi connectivity index (χ3v) is 2.63. The van der Waals surface area contributed by atoms with Crippen LogP contribution in [0.3, 0.4) is 0 Å². The number of carbonyl (C=O) groups is 2. The molecule has 0 saturated heterocycles. The Morgan fingerprint density at radius 3 is 2.53 bits per heavy atom. The van der Waals surface area contributed by atoms with Gasteiger partial charge in [-0.3, -0.25) is 9.59 Å². The van der Waals surface area contributed by atoms with Crippen LogP contribution >= 0.6 is 11.6 Å². The molecule has 1 unspecified atom stereocenters. The van der Waals surface area contributed by atoms with Gasteiger partial charge in [-0.2, -0.15) is 0 Å². The molecule has 0 spiro atoms. The van der Waals surface area contributed by atoms with Gasteiger partial charge in [0.1, 0.15) is 5.82 Å². The van der Waals surface area contributed by atoms with E-state index in [2.05, 4.69) is 5.32 Å². The van der Waals surface area contributed by atoms with Crippen LogP contribution in [0.25, 0.3) is 0 Å². The van der Waals surface area contributed by atoms with Crippen molar-refractivity contribution < 1.29 is 23.5 Å². The van der Waals surface area contributed by atoms with Gasteiger partial charge < -0.3 is 10.4 Å². The van der Waals surface area contributed by atoms with Gasteiger partial charge in [0.05, 0.1) is 10.7 Å². The van der Waals surface area contributed by atoms with Crippen LogP contribution in [0.2, 0.25) is 5.02 Å². The quantitative estimate of drug-likeness (QED) is 0.876. The third kappa shape index (κ3) is 4.82. The number of amides is 1. The molecule has 4 nitrogen and oxygen atoms in total. The summed E-state index contributed by atoms with van der Waals surface area (Å²) in [5.41, 5.74) is -0.310. The Bertz CT molecular complexity index is 485. The van der Waals surface area contributed by atoms with Crippen LogP contribution in [0.4, 0.5) is 14.5 Å². The zero-order valence-corrected chi connectivity index (χ0v) is 10.8. The molecule has 19 heavy (non-hydrogen) atoms. The predicted octanol–water partition coefficient (Wildman–Crippen LogP) is 3.06. The lowest BCUT2D eigenvalue weighted by atomic mass is 10.0. The highest BCUT2D eigenvalue weighted by molar-refractivity contribution is 6.33. The summed E-state index contributed by atoms with van der Waals surface area (Å²) in [5.74, 6) is -3.84. The van der Waals surface area contributed by atoms with E-state index in [1.165, 1.54) is 0 Å². The Kier molecular flexibility index (Phi) is 5.23. The van der Waals surface area contributed by atoms with Gasteiger partial charge in [0, 0.05) is 18.9 Å². The van der Waals surface area contributed by atoms with Crippen molar-refractivity contribution in [3.05, 3.63) is 28.8 Å². The monoisotopic (exact) mass is 291 g/mol. The molecule has 0 bridgehead atoms. The molecule has 0 aliphatic heterocycles. The first-order valence-corrected chi connectivity index (χ1v) is 5.83. The topological polar surface area (TPSA) is 66.4 Å². The number of aliphatic carboxylic acids is 1. The van der Waals surface area contributed by atoms with Gasteiger partial charge in [-0.05, 0) is 12.0 Å². The highest BCUT2D eigenvalue weighted by Crippen LogP contribution is 2.26. The highest BCUT2D eigenvalue weighted by atomic mass is 35.5. The molecule has 0 fully saturated rings. The van der Waals surface area contributed by atoms with E-state index in [1.54, 1.807) is 6.92 Å². The van der Waals surface area contributed by atoms with Crippen LogP contribution < -0.4 is 5.32 Å². The number of hydrogen-bond donors (Lipinski definition) is 2. The van der Waals surface area contributed by atoms with Crippen LogP contribution in [-0.4, -0.2) is 17.0 Å². The standard InChI is InChI=1S/C12H12ClF2NO3/c1-6(3-11(18)19)2-10(17)16-12-8(13)4-7(14)5-9(12)15/h4-6H,2-3H2,1H3,(H,16,17)(H,18,19). The summed E-state index contributed by atoms with van der Waals surface area (Å²) in [5, 5.41) is 10.5. The number of carbonyl (C=O) groups excluding carboxylic acids is 1. The fraction of sp³-hybridized carbons (Fsp3) is 0.333. The van der Waals surface area contributed by atoms with Crippen molar-refractivity contribution in [3.63, 3.8) is 0 Å². The van der Waals surface area contributed by atoms with Crippen LogP contribution in [0.15, 0.2) is 12.1 Å². The molecular formula is C12H12ClF2NO3. The van der Waals surface area contributed by atoms with Crippen molar-refractivity contribution in [2.24, 2.45) is 5.92 Å². The summed E-state index contributed by atoms with van der Waals surface area (Å²) >= 11 is 5.61. The van der Waals surface area contributed by atoms with Crippen molar-refractivity contribution in [2.45, 2.75) is 19.8 Å². The van der Waals surface area contributed by atoms with E-state index in [0.717, 1.165) is 6.07 Å². The second-order valence-corrected chi connectivity index (χ2v) is 4.61. The first kappa shape index (κ1) is 15.4. The molecule has 0 saturated carbocycles. The van der Waals surface area contributed by atoms with Crippen molar-refractivity contribution in [3.8, 4) is 0 Å². The SMILES string of the molecule is CC(CC(=O)O)CC(=O)Nc1c(F)cc(F)cc1Cl. The summed E-state index contributed by atoms with van der Waals surface area (Å²) in [6.07, 6.45) is -0.271. The lowest BCUT2D eigenvalue weighted by molar-refractivity contribution is -0.138. The van der Waals surface area contributed by atoms with Crippen LogP contribution in [-0.2, 0) is 9.59 Å². The number of carboxylic acids is 1. The largest absolute Gasteiger partial charge is 0.481 e. The minimum absolute atomic E-state index is 0.0978. The molecule has 0 heterocycles. The zero-order chi connectivity index (χ0) is 14.6. The molecule has 104 valence electrons. The van der Waals surface area contributed by atoms with Gasteiger partial charge in [-0.25, -0.2) is 8.78 Å². The molecule has 0 aromatic heterocycles. The minimum atomic E-state index is -1.02. The lowest BCUT2D eigenvalue weighted by Crippen LogP contribution is -2.18. The fourth-order valence-electron chi connectivity index (χ4n) is 1.54. The smallest absolute Gasteiger partial charge is 0.303 e. The van der Waals surface area contributed by atoms with Gasteiger partial charge in [0.15, 0.2) is 5.82 Å². The van der Waals surface area contributed by atoms with Crippen molar-refractivity contribution in [1.82, 2.24) is 0 Å². The van der Waals surface area contributed by atoms with Crippen molar-refractivity contribution in [1.29, 1.82) is 0 Å². The zero-order valence-electron chi connectivity index (χ0n) is 10.0. The molecule has 1 amide bonds. The van der Waals surface area contributed by atoms with E-state index in [4.69, 9.17) is 16.7 Å². The Morgan fingerprint density at radius 1 is 1.37 bits per heavy atom. The van der Waals surface area contributed by atoms with Crippen LogP contribution in [0.1, 0.15) is 19.8 Å². The Hall–Kier alpha value is -1.69. The first-order valence-electron chi connectivity index (χ1n) is 5.45. The summed E-state index contributed by atoms with van der Waals surface area (Å²) in [6, 6.07) is 1.48. The number of carboxylic acid groups (broad SMARTS) is 1. The number of benzene rings is 1. The lowest BCUT2D eigenvalue weighted by Gasteiger charge is -2.11. The predicted molar refractivity (Wildman–Crippen MR) is 66.0 cm³/mol. The molecule has 1 aromatic rings. The van der Waals surface area contributed by atoms with Gasteiger partial charge in [-0.1, -0.05) is 18.5 Å². The molecular weight excluding hydrogens is 280 g/mol. The van der Waals surface area contributed by atoms with E-state index in [0.29, 0.717) is 6.07 Å². The summed E-state index contributed by atoms with van der Waals surface area (Å²) in [4.78, 5) is 22.0. The maximum absolute atomic E-state index is 13.4. The maximum atomic E-state index is 13.4. The summed E-state index contributed by atoms with van der Waals surface area (Å²) in [6.45, 7) is 1.58. The Labute approximate surface area is 113 Å². The molecule has 1 rings (SSSR count). The van der Waals surface area contributed by atoms with E-state index in [1.807, 2.05) is 0 Å². The maximum Gasteiger partial charge on any atom is 0.303 e. The fourth-order valence-corrected chi connectivity index (χ4v) is 1.78. The second kappa shape index (κ2) is 6.47. The molecule has 7 heteroatoms. The molecule has 1 aromatic carbocycles. The van der Waals surface area contributed by atoms with Gasteiger partial charge in [0.2, 0.25) is 5.91 Å². The molecule has 0 radical (unpaired) electrons. The van der Waals surface area contributed by atoms with Crippen LogP contribution in [0, 0.1) is 17.6 Å². The first-order chi connectivity index (χ1) is 8.79. The summed E-state index contributed by atoms with van der Waals surface area (Å²) in [7, 11) is 0. The normalized spacial score (nSPS) is 12.0. The van der Waals surface area contributed by atoms with Gasteiger partial charge in [-0.15, -0.1) is 0 Å². The molecule has 0 aliphatic carbocycles. The van der Waals surface area contributed by atoms with E-state index < -0.39 is 29.4 Å². The second-order valence-electron chi connectivity index (χ2n) is 4.20. The van der Waals surface area contributed by atoms with E-state index >= 15 is 0 Å². The number of anilines is 1. The van der Waals surface area contributed by atoms with Crippen LogP contribution in [0.5, 0.6) is 0 Å². The molecule has 1 atom stereocenters. The number of halogens is 3. The average molecular weight is 292 g/mol. The average Bonchev–Trinajstić information content (AvgIpc) is 2.21. The van der Waals surface area contributed by atoms with Crippen molar-refractivity contribution >= 4 is 29.2 Å². The number of hydrogen-bond acceptors (Lipinski definition) is 2. The Balaban J connectivity index is 2.70. The number of nitrogens with one attached hydrogen (secondary N) is 1. The van der Waals surface area contributed by atoms with E-state index in [-0.39, 0.29) is 23.6 Å². The Morgan fingerprint density at radius 2 is 2.00 bits per heavy atom.